The third kappa shape index (κ3) is 5.98. The van der Waals surface area contributed by atoms with Gasteiger partial charge < -0.3 is 19.8 Å². The van der Waals surface area contributed by atoms with E-state index in [1.54, 1.807) is 0 Å². The molecule has 0 aliphatic heterocycles. The van der Waals surface area contributed by atoms with Crippen LogP contribution in [0.4, 0.5) is 5.69 Å². The Morgan fingerprint density at radius 1 is 1.00 bits per heavy atom. The maximum absolute atomic E-state index is 12.5. The zero-order valence-corrected chi connectivity index (χ0v) is 18.7. The van der Waals surface area contributed by atoms with Gasteiger partial charge in [-0.2, -0.15) is 0 Å². The van der Waals surface area contributed by atoms with Crippen LogP contribution in [-0.4, -0.2) is 47.8 Å². The molecule has 3 aromatic rings. The number of carbonyl (C=O) groups is 3. The van der Waals surface area contributed by atoms with Gasteiger partial charge in [-0.05, 0) is 30.7 Å². The Bertz CT molecular complexity index is 1090. The average Bonchev–Trinajstić information content (AvgIpc) is 3.16. The minimum atomic E-state index is -0.627. The van der Waals surface area contributed by atoms with Crippen molar-refractivity contribution >= 4 is 35.3 Å². The number of nitrogens with zero attached hydrogens (tertiary/aromatic N) is 1. The summed E-state index contributed by atoms with van der Waals surface area (Å²) in [6.07, 6.45) is 0.701. The van der Waals surface area contributed by atoms with Crippen molar-refractivity contribution in [3.63, 3.8) is 0 Å². The number of ether oxygens (including phenoxy) is 2. The molecule has 3 rings (SSSR count). The highest BCUT2D eigenvalue weighted by Crippen LogP contribution is 2.21. The second-order valence-corrected chi connectivity index (χ2v) is 7.86. The molecule has 1 amide bonds. The lowest BCUT2D eigenvalue weighted by Crippen LogP contribution is -2.16. The molecule has 0 saturated heterocycles. The number of nitrogens with one attached hydrogen (secondary N) is 2. The van der Waals surface area contributed by atoms with Gasteiger partial charge in [0.2, 0.25) is 5.91 Å². The number of hydrogen-bond donors (Lipinski definition) is 2. The van der Waals surface area contributed by atoms with Crippen molar-refractivity contribution in [3.05, 3.63) is 76.6 Å². The molecular formula is C23H23N3O5S. The number of aryl methyl sites for hydroxylation is 1. The molecule has 9 heteroatoms. The van der Waals surface area contributed by atoms with E-state index in [0.29, 0.717) is 17.3 Å². The first-order valence-corrected chi connectivity index (χ1v) is 10.7. The summed E-state index contributed by atoms with van der Waals surface area (Å²) in [6.45, 7) is 1.95. The van der Waals surface area contributed by atoms with Crippen LogP contribution in [0.5, 0.6) is 0 Å². The summed E-state index contributed by atoms with van der Waals surface area (Å²) in [5.74, 6) is -1.48. The minimum Gasteiger partial charge on any atom is -0.465 e. The molecule has 0 saturated carbocycles. The molecule has 32 heavy (non-hydrogen) atoms. The molecule has 1 heterocycles. The molecule has 0 atom stereocenters. The zero-order valence-electron chi connectivity index (χ0n) is 17.9. The lowest BCUT2D eigenvalue weighted by Gasteiger charge is -2.09. The van der Waals surface area contributed by atoms with Gasteiger partial charge in [0.1, 0.15) is 0 Å². The number of H-pyrrole nitrogens is 1. The number of aromatic nitrogens is 2. The first-order valence-electron chi connectivity index (χ1n) is 9.73. The van der Waals surface area contributed by atoms with Gasteiger partial charge in [-0.15, -0.1) is 0 Å². The Balaban J connectivity index is 1.65. The fourth-order valence-corrected chi connectivity index (χ4v) is 3.74. The number of anilines is 1. The number of methoxy groups -OCH3 is 2. The van der Waals surface area contributed by atoms with E-state index in [0.717, 1.165) is 17.0 Å². The summed E-state index contributed by atoms with van der Waals surface area (Å²) in [4.78, 5) is 44.0. The Kier molecular flexibility index (Phi) is 7.67. The third-order valence-electron chi connectivity index (χ3n) is 4.58. The van der Waals surface area contributed by atoms with Crippen LogP contribution in [-0.2, 0) is 20.7 Å². The van der Waals surface area contributed by atoms with Crippen molar-refractivity contribution in [2.75, 3.05) is 25.3 Å². The number of carbonyl (C=O) groups excluding carboxylic acids is 3. The molecule has 0 spiro atoms. The number of aromatic amines is 1. The largest absolute Gasteiger partial charge is 0.465 e. The summed E-state index contributed by atoms with van der Waals surface area (Å²) in [6, 6.07) is 14.2. The van der Waals surface area contributed by atoms with Crippen LogP contribution in [0.3, 0.4) is 0 Å². The molecule has 0 fully saturated rings. The van der Waals surface area contributed by atoms with Crippen molar-refractivity contribution in [3.8, 4) is 0 Å². The molecule has 0 radical (unpaired) electrons. The first kappa shape index (κ1) is 23.1. The van der Waals surface area contributed by atoms with Gasteiger partial charge in [-0.3, -0.25) is 4.79 Å². The summed E-state index contributed by atoms with van der Waals surface area (Å²) in [7, 11) is 2.47. The number of esters is 2. The van der Waals surface area contributed by atoms with Crippen molar-refractivity contribution in [1.29, 1.82) is 0 Å². The zero-order chi connectivity index (χ0) is 23.1. The molecular weight excluding hydrogens is 430 g/mol. The van der Waals surface area contributed by atoms with E-state index < -0.39 is 11.9 Å². The number of benzene rings is 2. The number of imidazole rings is 1. The SMILES string of the molecule is COC(=O)c1cc(NC(=O)CSc2nc(Cc3ccccc3)c(C)[nH]2)cc(C(=O)OC)c1. The van der Waals surface area contributed by atoms with Crippen LogP contribution >= 0.6 is 11.8 Å². The topological polar surface area (TPSA) is 110 Å². The maximum atomic E-state index is 12.5. The molecule has 0 aliphatic rings. The van der Waals surface area contributed by atoms with E-state index in [1.165, 1.54) is 44.2 Å². The molecule has 166 valence electrons. The fraction of sp³-hybridized carbons (Fsp3) is 0.217. The number of rotatable bonds is 8. The van der Waals surface area contributed by atoms with Crippen molar-refractivity contribution in [1.82, 2.24) is 9.97 Å². The van der Waals surface area contributed by atoms with Gasteiger partial charge in [0.25, 0.3) is 0 Å². The molecule has 0 unspecified atom stereocenters. The van der Waals surface area contributed by atoms with Crippen molar-refractivity contribution in [2.45, 2.75) is 18.5 Å². The second kappa shape index (κ2) is 10.6. The summed E-state index contributed by atoms with van der Waals surface area (Å²) < 4.78 is 9.41. The molecule has 2 aromatic carbocycles. The Morgan fingerprint density at radius 3 is 2.22 bits per heavy atom. The molecule has 8 nitrogen and oxygen atoms in total. The molecule has 0 bridgehead atoms. The van der Waals surface area contributed by atoms with E-state index in [9.17, 15) is 14.4 Å². The standard InChI is InChI=1S/C23H23N3O5S/c1-14-19(9-15-7-5-4-6-8-15)26-23(24-14)32-13-20(27)25-18-11-16(21(28)30-2)10-17(12-18)22(29)31-3/h4-8,10-12H,9,13H2,1-3H3,(H,24,26)(H,25,27). The third-order valence-corrected chi connectivity index (χ3v) is 5.45. The molecule has 2 N–H and O–H groups in total. The second-order valence-electron chi connectivity index (χ2n) is 6.90. The van der Waals surface area contributed by atoms with Gasteiger partial charge in [-0.1, -0.05) is 42.1 Å². The smallest absolute Gasteiger partial charge is 0.337 e. The summed E-state index contributed by atoms with van der Waals surface area (Å²) in [5, 5.41) is 3.34. The lowest BCUT2D eigenvalue weighted by molar-refractivity contribution is -0.113. The predicted octanol–water partition coefficient (Wildman–Crippen LogP) is 3.61. The highest BCUT2D eigenvalue weighted by atomic mass is 32.2. The van der Waals surface area contributed by atoms with Crippen LogP contribution in [0.25, 0.3) is 0 Å². The van der Waals surface area contributed by atoms with E-state index >= 15 is 0 Å². The first-order chi connectivity index (χ1) is 15.4. The Hall–Kier alpha value is -3.59. The number of thioether (sulfide) groups is 1. The van der Waals surface area contributed by atoms with Crippen LogP contribution in [0.2, 0.25) is 0 Å². The van der Waals surface area contributed by atoms with E-state index in [2.05, 4.69) is 15.3 Å². The molecule has 1 aromatic heterocycles. The van der Waals surface area contributed by atoms with Crippen LogP contribution in [0.1, 0.15) is 37.7 Å². The quantitative estimate of drug-likeness (QED) is 0.396. The summed E-state index contributed by atoms with van der Waals surface area (Å²) in [5.41, 5.74) is 3.58. The van der Waals surface area contributed by atoms with Crippen LogP contribution < -0.4 is 5.32 Å². The summed E-state index contributed by atoms with van der Waals surface area (Å²) >= 11 is 1.26. The van der Waals surface area contributed by atoms with Crippen molar-refractivity contribution in [2.24, 2.45) is 0 Å². The van der Waals surface area contributed by atoms with Gasteiger partial charge >= 0.3 is 11.9 Å². The van der Waals surface area contributed by atoms with Crippen LogP contribution in [0, 0.1) is 6.92 Å². The van der Waals surface area contributed by atoms with Crippen LogP contribution in [0.15, 0.2) is 53.7 Å². The van der Waals surface area contributed by atoms with E-state index in [1.807, 2.05) is 37.3 Å². The molecule has 0 aliphatic carbocycles. The number of amides is 1. The van der Waals surface area contributed by atoms with E-state index in [-0.39, 0.29) is 22.8 Å². The normalized spacial score (nSPS) is 10.5. The highest BCUT2D eigenvalue weighted by molar-refractivity contribution is 7.99. The maximum Gasteiger partial charge on any atom is 0.337 e. The van der Waals surface area contributed by atoms with E-state index in [4.69, 9.17) is 9.47 Å². The van der Waals surface area contributed by atoms with Gasteiger partial charge in [0.15, 0.2) is 5.16 Å². The van der Waals surface area contributed by atoms with Gasteiger partial charge in [0, 0.05) is 17.8 Å². The average molecular weight is 454 g/mol. The minimum absolute atomic E-state index is 0.0910. The monoisotopic (exact) mass is 453 g/mol. The Labute approximate surface area is 189 Å². The fourth-order valence-electron chi connectivity index (χ4n) is 3.00. The number of hydrogen-bond acceptors (Lipinski definition) is 7. The highest BCUT2D eigenvalue weighted by Gasteiger charge is 2.16. The predicted molar refractivity (Wildman–Crippen MR) is 121 cm³/mol. The lowest BCUT2D eigenvalue weighted by atomic mass is 10.1. The van der Waals surface area contributed by atoms with Gasteiger partial charge in [0.05, 0.1) is 36.8 Å². The van der Waals surface area contributed by atoms with Crippen molar-refractivity contribution < 1.29 is 23.9 Å². The van der Waals surface area contributed by atoms with Gasteiger partial charge in [-0.25, -0.2) is 14.6 Å². The Morgan fingerprint density at radius 2 is 1.62 bits per heavy atom.